The van der Waals surface area contributed by atoms with E-state index in [-0.39, 0.29) is 17.9 Å². The van der Waals surface area contributed by atoms with Crippen molar-refractivity contribution in [2.75, 3.05) is 30.4 Å². The molecule has 1 heterocycles. The Hall–Kier alpha value is -2.86. The molecule has 3 rings (SSSR count). The molecule has 30 heavy (non-hydrogen) atoms. The average Bonchev–Trinajstić information content (AvgIpc) is 3.22. The average molecular weight is 409 g/mol. The van der Waals surface area contributed by atoms with Gasteiger partial charge in [-0.1, -0.05) is 31.5 Å². The van der Waals surface area contributed by atoms with Crippen molar-refractivity contribution in [2.24, 2.45) is 5.73 Å². The molecule has 2 aromatic carbocycles. The monoisotopic (exact) mass is 408 g/mol. The fourth-order valence-corrected chi connectivity index (χ4v) is 3.92. The zero-order chi connectivity index (χ0) is 21.5. The number of carbonyl (C=O) groups excluding carboxylic acids is 2. The molecule has 0 saturated carbocycles. The fourth-order valence-electron chi connectivity index (χ4n) is 3.92. The number of rotatable bonds is 9. The third kappa shape index (κ3) is 5.39. The van der Waals surface area contributed by atoms with Crippen LogP contribution in [0.2, 0.25) is 0 Å². The van der Waals surface area contributed by atoms with E-state index in [4.69, 9.17) is 5.73 Å². The van der Waals surface area contributed by atoms with Crippen molar-refractivity contribution in [1.82, 2.24) is 4.90 Å². The summed E-state index contributed by atoms with van der Waals surface area (Å²) >= 11 is 0. The van der Waals surface area contributed by atoms with Crippen molar-refractivity contribution in [3.8, 4) is 0 Å². The van der Waals surface area contributed by atoms with E-state index >= 15 is 0 Å². The van der Waals surface area contributed by atoms with Crippen LogP contribution < -0.4 is 16.0 Å². The highest BCUT2D eigenvalue weighted by Crippen LogP contribution is 2.24. The lowest BCUT2D eigenvalue weighted by Crippen LogP contribution is -2.39. The second-order valence-corrected chi connectivity index (χ2v) is 7.96. The predicted molar refractivity (Wildman–Crippen MR) is 122 cm³/mol. The van der Waals surface area contributed by atoms with Crippen LogP contribution in [0, 0.1) is 0 Å². The Morgan fingerprint density at radius 1 is 1.17 bits per heavy atom. The Kier molecular flexibility index (Phi) is 7.46. The highest BCUT2D eigenvalue weighted by molar-refractivity contribution is 6.04. The standard InChI is InChI=1S/C24H32N4O2/c1-3-4-15-27(2)20-13-11-18(12-14-20)24(30)26-21-9-6-5-8-19(21)17-28-16-7-10-22(28)23(25)29/h5-6,8-9,11-14,22H,3-4,7,10,15-17H2,1-2H3,(H2,25,29)(H,26,30). The molecule has 1 unspecified atom stereocenters. The number of hydrogen-bond donors (Lipinski definition) is 2. The van der Waals surface area contributed by atoms with Gasteiger partial charge in [-0.05, 0) is 61.7 Å². The minimum Gasteiger partial charge on any atom is -0.375 e. The lowest BCUT2D eigenvalue weighted by Gasteiger charge is -2.23. The minimum atomic E-state index is -0.280. The SMILES string of the molecule is CCCCN(C)c1ccc(C(=O)Nc2ccccc2CN2CCCC2C(N)=O)cc1. The zero-order valence-corrected chi connectivity index (χ0v) is 17.9. The Morgan fingerprint density at radius 2 is 1.90 bits per heavy atom. The molecule has 1 atom stereocenters. The first-order chi connectivity index (χ1) is 14.5. The summed E-state index contributed by atoms with van der Waals surface area (Å²) in [6, 6.07) is 15.2. The van der Waals surface area contributed by atoms with Gasteiger partial charge in [0.15, 0.2) is 0 Å². The molecular weight excluding hydrogens is 376 g/mol. The van der Waals surface area contributed by atoms with Gasteiger partial charge < -0.3 is 16.0 Å². The smallest absolute Gasteiger partial charge is 0.255 e. The number of likely N-dealkylation sites (tertiary alicyclic amines) is 1. The van der Waals surface area contributed by atoms with Crippen LogP contribution in [0.5, 0.6) is 0 Å². The molecule has 0 aromatic heterocycles. The van der Waals surface area contributed by atoms with Crippen molar-refractivity contribution in [3.05, 3.63) is 59.7 Å². The maximum Gasteiger partial charge on any atom is 0.255 e. The molecule has 1 aliphatic rings. The number of benzene rings is 2. The first-order valence-corrected chi connectivity index (χ1v) is 10.7. The van der Waals surface area contributed by atoms with Crippen LogP contribution in [-0.4, -0.2) is 42.9 Å². The van der Waals surface area contributed by atoms with E-state index in [0.29, 0.717) is 12.1 Å². The van der Waals surface area contributed by atoms with Crippen molar-refractivity contribution < 1.29 is 9.59 Å². The van der Waals surface area contributed by atoms with Gasteiger partial charge in [-0.2, -0.15) is 0 Å². The van der Waals surface area contributed by atoms with Crippen LogP contribution in [0.4, 0.5) is 11.4 Å². The first kappa shape index (κ1) is 21.8. The number of nitrogens with zero attached hydrogens (tertiary/aromatic N) is 2. The first-order valence-electron chi connectivity index (χ1n) is 10.7. The summed E-state index contributed by atoms with van der Waals surface area (Å²) in [5.41, 5.74) is 9.01. The van der Waals surface area contributed by atoms with E-state index in [1.807, 2.05) is 48.5 Å². The van der Waals surface area contributed by atoms with E-state index in [1.165, 1.54) is 0 Å². The van der Waals surface area contributed by atoms with Gasteiger partial charge in [0.1, 0.15) is 0 Å². The molecule has 160 valence electrons. The third-order valence-corrected chi connectivity index (χ3v) is 5.75. The van der Waals surface area contributed by atoms with Crippen LogP contribution in [0.25, 0.3) is 0 Å². The summed E-state index contributed by atoms with van der Waals surface area (Å²) < 4.78 is 0. The van der Waals surface area contributed by atoms with E-state index in [2.05, 4.69) is 29.1 Å². The molecule has 1 fully saturated rings. The van der Waals surface area contributed by atoms with Gasteiger partial charge in [0.25, 0.3) is 5.91 Å². The second kappa shape index (κ2) is 10.3. The number of hydrogen-bond acceptors (Lipinski definition) is 4. The number of unbranched alkanes of at least 4 members (excludes halogenated alkanes) is 1. The lowest BCUT2D eigenvalue weighted by atomic mass is 10.1. The summed E-state index contributed by atoms with van der Waals surface area (Å²) in [5.74, 6) is -0.420. The van der Waals surface area contributed by atoms with Gasteiger partial charge in [-0.3, -0.25) is 14.5 Å². The highest BCUT2D eigenvalue weighted by atomic mass is 16.2. The van der Waals surface area contributed by atoms with Gasteiger partial charge in [-0.25, -0.2) is 0 Å². The molecule has 6 nitrogen and oxygen atoms in total. The number of carbonyl (C=O) groups is 2. The fraction of sp³-hybridized carbons (Fsp3) is 0.417. The molecule has 2 amide bonds. The summed E-state index contributed by atoms with van der Waals surface area (Å²) in [5, 5.41) is 3.03. The molecule has 1 saturated heterocycles. The van der Waals surface area contributed by atoms with E-state index < -0.39 is 0 Å². The number of para-hydroxylation sites is 1. The third-order valence-electron chi connectivity index (χ3n) is 5.75. The molecule has 3 N–H and O–H groups in total. The Morgan fingerprint density at radius 3 is 2.60 bits per heavy atom. The Labute approximate surface area is 179 Å². The van der Waals surface area contributed by atoms with Crippen molar-refractivity contribution in [1.29, 1.82) is 0 Å². The van der Waals surface area contributed by atoms with Crippen LogP contribution in [0.3, 0.4) is 0 Å². The van der Waals surface area contributed by atoms with E-state index in [0.717, 1.165) is 55.7 Å². The van der Waals surface area contributed by atoms with Crippen LogP contribution in [0.1, 0.15) is 48.5 Å². The predicted octanol–water partition coefficient (Wildman–Crippen LogP) is 3.62. The quantitative estimate of drug-likeness (QED) is 0.664. The molecule has 0 bridgehead atoms. The van der Waals surface area contributed by atoms with Crippen LogP contribution in [0.15, 0.2) is 48.5 Å². The molecule has 1 aliphatic heterocycles. The summed E-state index contributed by atoms with van der Waals surface area (Å²) in [6.07, 6.45) is 4.05. The number of anilines is 2. The van der Waals surface area contributed by atoms with Gasteiger partial charge in [0, 0.05) is 37.1 Å². The number of primary amides is 1. The maximum absolute atomic E-state index is 12.8. The highest BCUT2D eigenvalue weighted by Gasteiger charge is 2.29. The summed E-state index contributed by atoms with van der Waals surface area (Å²) in [7, 11) is 2.07. The van der Waals surface area contributed by atoms with Crippen molar-refractivity contribution in [2.45, 2.75) is 45.2 Å². The van der Waals surface area contributed by atoms with Gasteiger partial charge in [-0.15, -0.1) is 0 Å². The Bertz CT molecular complexity index is 866. The van der Waals surface area contributed by atoms with E-state index in [9.17, 15) is 9.59 Å². The molecule has 6 heteroatoms. The Balaban J connectivity index is 1.68. The normalized spacial score (nSPS) is 16.4. The molecular formula is C24H32N4O2. The topological polar surface area (TPSA) is 78.7 Å². The second-order valence-electron chi connectivity index (χ2n) is 7.96. The van der Waals surface area contributed by atoms with Crippen LogP contribution >= 0.6 is 0 Å². The lowest BCUT2D eigenvalue weighted by molar-refractivity contribution is -0.122. The molecule has 2 aromatic rings. The van der Waals surface area contributed by atoms with Crippen molar-refractivity contribution in [3.63, 3.8) is 0 Å². The number of nitrogens with two attached hydrogens (primary N) is 1. The van der Waals surface area contributed by atoms with E-state index in [1.54, 1.807) is 0 Å². The van der Waals surface area contributed by atoms with Gasteiger partial charge in [0.05, 0.1) is 6.04 Å². The minimum absolute atomic E-state index is 0.141. The van der Waals surface area contributed by atoms with Gasteiger partial charge >= 0.3 is 0 Å². The number of nitrogens with one attached hydrogen (secondary N) is 1. The molecule has 0 radical (unpaired) electrons. The summed E-state index contributed by atoms with van der Waals surface area (Å²) in [6.45, 7) is 4.60. The maximum atomic E-state index is 12.8. The zero-order valence-electron chi connectivity index (χ0n) is 17.9. The molecule has 0 spiro atoms. The van der Waals surface area contributed by atoms with Gasteiger partial charge in [0.2, 0.25) is 5.91 Å². The van der Waals surface area contributed by atoms with Crippen molar-refractivity contribution >= 4 is 23.2 Å². The summed E-state index contributed by atoms with van der Waals surface area (Å²) in [4.78, 5) is 28.8. The number of amides is 2. The van der Waals surface area contributed by atoms with Crippen LogP contribution in [-0.2, 0) is 11.3 Å². The molecule has 0 aliphatic carbocycles. The largest absolute Gasteiger partial charge is 0.375 e.